The zero-order valence-corrected chi connectivity index (χ0v) is 10.9. The van der Waals surface area contributed by atoms with Crippen molar-refractivity contribution in [3.05, 3.63) is 0 Å². The molecule has 0 aromatic carbocycles. The summed E-state index contributed by atoms with van der Waals surface area (Å²) in [6.45, 7) is 4.44. The van der Waals surface area contributed by atoms with Gasteiger partial charge in [0.25, 0.3) is 0 Å². The molecule has 1 aliphatic heterocycles. The lowest BCUT2D eigenvalue weighted by atomic mass is 9.81. The van der Waals surface area contributed by atoms with Crippen LogP contribution < -0.4 is 0 Å². The van der Waals surface area contributed by atoms with Gasteiger partial charge in [-0.1, -0.05) is 13.3 Å². The molecule has 3 nitrogen and oxygen atoms in total. The minimum Gasteiger partial charge on any atom is -0.395 e. The number of ketones is 1. The van der Waals surface area contributed by atoms with E-state index in [1.165, 1.54) is 12.8 Å². The van der Waals surface area contributed by atoms with Crippen LogP contribution in [0.3, 0.4) is 0 Å². The Hall–Kier alpha value is -0.410. The van der Waals surface area contributed by atoms with E-state index in [1.54, 1.807) is 0 Å². The van der Waals surface area contributed by atoms with Crippen molar-refractivity contribution >= 4 is 5.78 Å². The molecule has 98 valence electrons. The number of hydrogen-bond donors (Lipinski definition) is 1. The summed E-state index contributed by atoms with van der Waals surface area (Å²) >= 11 is 0. The van der Waals surface area contributed by atoms with Crippen LogP contribution in [0.25, 0.3) is 0 Å². The van der Waals surface area contributed by atoms with E-state index in [-0.39, 0.29) is 12.5 Å². The van der Waals surface area contributed by atoms with E-state index < -0.39 is 0 Å². The van der Waals surface area contributed by atoms with Gasteiger partial charge >= 0.3 is 0 Å². The summed E-state index contributed by atoms with van der Waals surface area (Å²) in [6.07, 6.45) is 6.41. The van der Waals surface area contributed by atoms with Crippen molar-refractivity contribution < 1.29 is 9.90 Å². The van der Waals surface area contributed by atoms with E-state index in [9.17, 15) is 9.90 Å². The Bertz CT molecular complexity index is 267. The molecule has 0 aromatic rings. The fourth-order valence-corrected chi connectivity index (χ4v) is 3.29. The van der Waals surface area contributed by atoms with Gasteiger partial charge in [0.05, 0.1) is 6.61 Å². The fraction of sp³-hybridized carbons (Fsp3) is 0.929. The molecule has 1 saturated carbocycles. The smallest absolute Gasteiger partial charge is 0.137 e. The monoisotopic (exact) mass is 239 g/mol. The molecule has 1 aliphatic carbocycles. The van der Waals surface area contributed by atoms with E-state index in [4.69, 9.17) is 0 Å². The average molecular weight is 239 g/mol. The SMILES string of the molecule is CC1CCC(=O)C(CN2CCCCC2CO)C1. The molecule has 1 saturated heterocycles. The van der Waals surface area contributed by atoms with Crippen LogP contribution in [0.4, 0.5) is 0 Å². The Morgan fingerprint density at radius 1 is 1.35 bits per heavy atom. The number of piperidine rings is 1. The van der Waals surface area contributed by atoms with Crippen LogP contribution in [0.5, 0.6) is 0 Å². The van der Waals surface area contributed by atoms with Gasteiger partial charge in [-0.25, -0.2) is 0 Å². The molecule has 0 amide bonds. The van der Waals surface area contributed by atoms with Crippen LogP contribution in [0, 0.1) is 11.8 Å². The normalized spacial score (nSPS) is 36.1. The van der Waals surface area contributed by atoms with Crippen molar-refractivity contribution in [1.82, 2.24) is 4.90 Å². The molecule has 2 fully saturated rings. The highest BCUT2D eigenvalue weighted by molar-refractivity contribution is 5.81. The second kappa shape index (κ2) is 5.96. The standard InChI is InChI=1S/C14H25NO2/c1-11-5-6-14(17)12(8-11)9-15-7-3-2-4-13(15)10-16/h11-13,16H,2-10H2,1H3. The molecule has 1 N–H and O–H groups in total. The van der Waals surface area contributed by atoms with Gasteiger partial charge in [-0.05, 0) is 38.1 Å². The van der Waals surface area contributed by atoms with E-state index in [1.807, 2.05) is 0 Å². The predicted molar refractivity (Wildman–Crippen MR) is 67.8 cm³/mol. The largest absolute Gasteiger partial charge is 0.395 e. The Morgan fingerprint density at radius 2 is 2.18 bits per heavy atom. The average Bonchev–Trinajstić information content (AvgIpc) is 2.34. The number of aliphatic hydroxyl groups excluding tert-OH is 1. The second-order valence-electron chi connectivity index (χ2n) is 5.87. The van der Waals surface area contributed by atoms with Gasteiger partial charge in [0.1, 0.15) is 5.78 Å². The number of rotatable bonds is 3. The molecule has 1 heterocycles. The van der Waals surface area contributed by atoms with Crippen molar-refractivity contribution in [2.75, 3.05) is 19.7 Å². The third-order valence-electron chi connectivity index (χ3n) is 4.44. The van der Waals surface area contributed by atoms with Gasteiger partial charge in [0.15, 0.2) is 0 Å². The molecule has 2 aliphatic rings. The molecule has 2 rings (SSSR count). The summed E-state index contributed by atoms with van der Waals surface area (Å²) in [7, 11) is 0. The lowest BCUT2D eigenvalue weighted by Gasteiger charge is -2.38. The molecule has 0 bridgehead atoms. The van der Waals surface area contributed by atoms with Gasteiger partial charge in [0.2, 0.25) is 0 Å². The second-order valence-corrected chi connectivity index (χ2v) is 5.87. The van der Waals surface area contributed by atoms with E-state index in [2.05, 4.69) is 11.8 Å². The third-order valence-corrected chi connectivity index (χ3v) is 4.44. The molecule has 0 aromatic heterocycles. The highest BCUT2D eigenvalue weighted by atomic mass is 16.3. The first-order valence-electron chi connectivity index (χ1n) is 7.08. The van der Waals surface area contributed by atoms with Gasteiger partial charge < -0.3 is 5.11 Å². The van der Waals surface area contributed by atoms with Crippen LogP contribution in [-0.2, 0) is 4.79 Å². The first kappa shape index (κ1) is 13.0. The number of nitrogens with zero attached hydrogens (tertiary/aromatic N) is 1. The summed E-state index contributed by atoms with van der Waals surface area (Å²) in [5.41, 5.74) is 0. The van der Waals surface area contributed by atoms with E-state index >= 15 is 0 Å². The van der Waals surface area contributed by atoms with Gasteiger partial charge in [-0.15, -0.1) is 0 Å². The van der Waals surface area contributed by atoms with Crippen molar-refractivity contribution in [1.29, 1.82) is 0 Å². The first-order chi connectivity index (χ1) is 8.20. The maximum Gasteiger partial charge on any atom is 0.137 e. The number of carbonyl (C=O) groups excluding carboxylic acids is 1. The highest BCUT2D eigenvalue weighted by Gasteiger charge is 2.31. The quantitative estimate of drug-likeness (QED) is 0.817. The van der Waals surface area contributed by atoms with Crippen LogP contribution in [0.15, 0.2) is 0 Å². The molecule has 0 radical (unpaired) electrons. The number of aliphatic hydroxyl groups is 1. The van der Waals surface area contributed by atoms with E-state index in [0.29, 0.717) is 17.7 Å². The zero-order valence-electron chi connectivity index (χ0n) is 10.9. The lowest BCUT2D eigenvalue weighted by Crippen LogP contribution is -2.46. The summed E-state index contributed by atoms with van der Waals surface area (Å²) < 4.78 is 0. The Balaban J connectivity index is 1.91. The molecule has 0 spiro atoms. The van der Waals surface area contributed by atoms with Gasteiger partial charge in [0, 0.05) is 24.9 Å². The van der Waals surface area contributed by atoms with Gasteiger partial charge in [-0.2, -0.15) is 0 Å². The van der Waals surface area contributed by atoms with Crippen LogP contribution in [0.1, 0.15) is 45.4 Å². The molecular weight excluding hydrogens is 214 g/mol. The lowest BCUT2D eigenvalue weighted by molar-refractivity contribution is -0.126. The zero-order chi connectivity index (χ0) is 12.3. The molecule has 3 unspecified atom stereocenters. The van der Waals surface area contributed by atoms with Crippen LogP contribution in [-0.4, -0.2) is 41.5 Å². The molecular formula is C14H25NO2. The molecule has 3 heteroatoms. The van der Waals surface area contributed by atoms with Crippen molar-refractivity contribution in [2.24, 2.45) is 11.8 Å². The summed E-state index contributed by atoms with van der Waals surface area (Å²) in [5.74, 6) is 1.37. The highest BCUT2D eigenvalue weighted by Crippen LogP contribution is 2.28. The van der Waals surface area contributed by atoms with Crippen LogP contribution in [0.2, 0.25) is 0 Å². The minimum absolute atomic E-state index is 0.228. The van der Waals surface area contributed by atoms with Crippen molar-refractivity contribution in [2.45, 2.75) is 51.5 Å². The number of hydrogen-bond acceptors (Lipinski definition) is 3. The summed E-state index contributed by atoms with van der Waals surface area (Å²) in [5, 5.41) is 9.38. The Kier molecular flexibility index (Phi) is 4.57. The predicted octanol–water partition coefficient (Wildman–Crippen LogP) is 1.84. The van der Waals surface area contributed by atoms with E-state index in [0.717, 1.165) is 38.8 Å². The maximum atomic E-state index is 11.9. The van der Waals surface area contributed by atoms with Crippen LogP contribution >= 0.6 is 0 Å². The maximum absolute atomic E-state index is 11.9. The van der Waals surface area contributed by atoms with Crippen molar-refractivity contribution in [3.63, 3.8) is 0 Å². The molecule has 3 atom stereocenters. The summed E-state index contributed by atoms with van der Waals surface area (Å²) in [6, 6.07) is 0.300. The molecule has 17 heavy (non-hydrogen) atoms. The topological polar surface area (TPSA) is 40.5 Å². The number of Topliss-reactive ketones (excluding diaryl/α,β-unsaturated/α-hetero) is 1. The number of carbonyl (C=O) groups is 1. The van der Waals surface area contributed by atoms with Crippen molar-refractivity contribution in [3.8, 4) is 0 Å². The summed E-state index contributed by atoms with van der Waals surface area (Å²) in [4.78, 5) is 14.3. The Morgan fingerprint density at radius 3 is 2.94 bits per heavy atom. The number of likely N-dealkylation sites (tertiary alicyclic amines) is 1. The minimum atomic E-state index is 0.228. The first-order valence-corrected chi connectivity index (χ1v) is 7.08. The fourth-order valence-electron chi connectivity index (χ4n) is 3.29. The Labute approximate surface area is 104 Å². The van der Waals surface area contributed by atoms with Gasteiger partial charge in [-0.3, -0.25) is 9.69 Å². The third kappa shape index (κ3) is 3.29.